The van der Waals surface area contributed by atoms with Crippen molar-refractivity contribution in [3.05, 3.63) is 33.4 Å². The van der Waals surface area contributed by atoms with Gasteiger partial charge in [0.25, 0.3) is 0 Å². The lowest BCUT2D eigenvalue weighted by atomic mass is 10.1. The molecule has 1 heterocycles. The van der Waals surface area contributed by atoms with Crippen LogP contribution in [-0.2, 0) is 9.47 Å². The smallest absolute Gasteiger partial charge is 0.342 e. The molecule has 6 nitrogen and oxygen atoms in total. The van der Waals surface area contributed by atoms with Crippen molar-refractivity contribution in [1.82, 2.24) is 0 Å². The van der Waals surface area contributed by atoms with Gasteiger partial charge in [-0.25, -0.2) is 14.4 Å². The van der Waals surface area contributed by atoms with Crippen LogP contribution in [0.5, 0.6) is 0 Å². The molecule has 0 aromatic carbocycles. The van der Waals surface area contributed by atoms with Crippen molar-refractivity contribution in [2.45, 2.75) is 26.7 Å². The minimum atomic E-state index is -0.779. The summed E-state index contributed by atoms with van der Waals surface area (Å²) in [5.74, 6) is -1.44. The van der Waals surface area contributed by atoms with Crippen LogP contribution in [0.4, 0.5) is 0 Å². The molecule has 0 bridgehead atoms. The van der Waals surface area contributed by atoms with Gasteiger partial charge in [-0.3, -0.25) is 0 Å². The first-order chi connectivity index (χ1) is 9.01. The van der Waals surface area contributed by atoms with E-state index in [0.29, 0.717) is 0 Å². The van der Waals surface area contributed by atoms with Gasteiger partial charge < -0.3 is 13.9 Å². The van der Waals surface area contributed by atoms with Crippen molar-refractivity contribution in [1.29, 1.82) is 0 Å². The van der Waals surface area contributed by atoms with E-state index >= 15 is 0 Å². The van der Waals surface area contributed by atoms with Crippen molar-refractivity contribution < 1.29 is 23.5 Å². The van der Waals surface area contributed by atoms with Gasteiger partial charge in [0.2, 0.25) is 0 Å². The summed E-state index contributed by atoms with van der Waals surface area (Å²) >= 11 is 0. The Morgan fingerprint density at radius 1 is 1.32 bits per heavy atom. The predicted molar refractivity (Wildman–Crippen MR) is 66.2 cm³/mol. The van der Waals surface area contributed by atoms with Gasteiger partial charge in [0.15, 0.2) is 0 Å². The number of esters is 2. The standard InChI is InChI=1S/C13H16O6/c1-4-5-6-18-13(16)11-8(2)19-10(14)7-9(11)12(15)17-3/h7H,4-6H2,1-3H3. The van der Waals surface area contributed by atoms with E-state index in [1.54, 1.807) is 0 Å². The van der Waals surface area contributed by atoms with Gasteiger partial charge in [-0.05, 0) is 13.3 Å². The normalized spacial score (nSPS) is 10.1. The second-order valence-corrected chi connectivity index (χ2v) is 3.89. The van der Waals surface area contributed by atoms with Crippen LogP contribution < -0.4 is 5.63 Å². The molecule has 0 amide bonds. The SMILES string of the molecule is CCCCOC(=O)c1c(C(=O)OC)cc(=O)oc1C. The van der Waals surface area contributed by atoms with Gasteiger partial charge in [-0.1, -0.05) is 13.3 Å². The number of hydrogen-bond acceptors (Lipinski definition) is 6. The monoisotopic (exact) mass is 268 g/mol. The van der Waals surface area contributed by atoms with Gasteiger partial charge in [0.1, 0.15) is 11.3 Å². The molecule has 6 heteroatoms. The quantitative estimate of drug-likeness (QED) is 0.597. The molecule has 19 heavy (non-hydrogen) atoms. The molecule has 0 N–H and O–H groups in total. The third-order valence-corrected chi connectivity index (χ3v) is 2.48. The summed E-state index contributed by atoms with van der Waals surface area (Å²) in [6, 6.07) is 0.926. The Labute approximate surface area is 110 Å². The number of hydrogen-bond donors (Lipinski definition) is 0. The lowest BCUT2D eigenvalue weighted by Crippen LogP contribution is -2.18. The van der Waals surface area contributed by atoms with Crippen LogP contribution in [0.3, 0.4) is 0 Å². The summed E-state index contributed by atoms with van der Waals surface area (Å²) in [4.78, 5) is 34.7. The average Bonchev–Trinajstić information content (AvgIpc) is 2.36. The Balaban J connectivity index is 3.14. The fourth-order valence-corrected chi connectivity index (χ4v) is 1.52. The van der Waals surface area contributed by atoms with E-state index in [0.717, 1.165) is 18.9 Å². The van der Waals surface area contributed by atoms with Crippen LogP contribution in [0, 0.1) is 6.92 Å². The van der Waals surface area contributed by atoms with Crippen LogP contribution >= 0.6 is 0 Å². The zero-order chi connectivity index (χ0) is 14.4. The molecular weight excluding hydrogens is 252 g/mol. The lowest BCUT2D eigenvalue weighted by molar-refractivity contribution is 0.0476. The van der Waals surface area contributed by atoms with Crippen LogP contribution in [0.1, 0.15) is 46.2 Å². The number of methoxy groups -OCH3 is 1. The topological polar surface area (TPSA) is 82.8 Å². The molecule has 0 aliphatic heterocycles. The maximum atomic E-state index is 11.9. The highest BCUT2D eigenvalue weighted by atomic mass is 16.5. The van der Waals surface area contributed by atoms with Crippen LogP contribution in [0.25, 0.3) is 0 Å². The largest absolute Gasteiger partial charge is 0.465 e. The molecule has 1 aromatic heterocycles. The number of unbranched alkanes of at least 4 members (excludes halogenated alkanes) is 1. The lowest BCUT2D eigenvalue weighted by Gasteiger charge is -2.09. The molecule has 1 aromatic rings. The van der Waals surface area contributed by atoms with E-state index in [2.05, 4.69) is 4.74 Å². The molecule has 0 unspecified atom stereocenters. The number of aryl methyl sites for hydroxylation is 1. The molecule has 0 radical (unpaired) electrons. The van der Waals surface area contributed by atoms with Crippen LogP contribution in [0.15, 0.2) is 15.3 Å². The summed E-state index contributed by atoms with van der Waals surface area (Å²) in [6.45, 7) is 3.62. The van der Waals surface area contributed by atoms with E-state index in [1.807, 2.05) is 6.92 Å². The number of carbonyl (C=O) groups is 2. The van der Waals surface area contributed by atoms with Gasteiger partial charge in [0, 0.05) is 6.07 Å². The molecule has 0 saturated heterocycles. The molecule has 0 saturated carbocycles. The minimum absolute atomic E-state index is 0.0365. The van der Waals surface area contributed by atoms with Crippen LogP contribution in [-0.4, -0.2) is 25.7 Å². The second-order valence-electron chi connectivity index (χ2n) is 3.89. The third-order valence-electron chi connectivity index (χ3n) is 2.48. The van der Waals surface area contributed by atoms with Gasteiger partial charge in [0.05, 0.1) is 19.3 Å². The predicted octanol–water partition coefficient (Wildman–Crippen LogP) is 1.69. The van der Waals surface area contributed by atoms with Gasteiger partial charge >= 0.3 is 17.6 Å². The molecule has 0 atom stereocenters. The van der Waals surface area contributed by atoms with Crippen molar-refractivity contribution in [2.75, 3.05) is 13.7 Å². The molecule has 0 aliphatic rings. The number of carbonyl (C=O) groups excluding carboxylic acids is 2. The summed E-state index contributed by atoms with van der Waals surface area (Å²) in [5, 5.41) is 0. The first-order valence-electron chi connectivity index (χ1n) is 5.91. The average molecular weight is 268 g/mol. The zero-order valence-corrected chi connectivity index (χ0v) is 11.1. The van der Waals surface area contributed by atoms with Crippen molar-refractivity contribution in [2.24, 2.45) is 0 Å². The summed E-state index contributed by atoms with van der Waals surface area (Å²) < 4.78 is 14.4. The highest BCUT2D eigenvalue weighted by Gasteiger charge is 2.24. The Morgan fingerprint density at radius 3 is 2.58 bits per heavy atom. The Bertz CT molecular complexity index is 528. The molecule has 0 aliphatic carbocycles. The second kappa shape index (κ2) is 6.72. The van der Waals surface area contributed by atoms with Gasteiger partial charge in [-0.2, -0.15) is 0 Å². The zero-order valence-electron chi connectivity index (χ0n) is 11.1. The fourth-order valence-electron chi connectivity index (χ4n) is 1.52. The van der Waals surface area contributed by atoms with Crippen LogP contribution in [0.2, 0.25) is 0 Å². The van der Waals surface area contributed by atoms with Gasteiger partial charge in [-0.15, -0.1) is 0 Å². The van der Waals surface area contributed by atoms with E-state index < -0.39 is 17.6 Å². The van der Waals surface area contributed by atoms with Crippen molar-refractivity contribution in [3.63, 3.8) is 0 Å². The minimum Gasteiger partial charge on any atom is -0.465 e. The molecular formula is C13H16O6. The maximum absolute atomic E-state index is 11.9. The summed E-state index contributed by atoms with van der Waals surface area (Å²) in [6.07, 6.45) is 1.59. The highest BCUT2D eigenvalue weighted by molar-refractivity contribution is 6.03. The summed E-state index contributed by atoms with van der Waals surface area (Å²) in [7, 11) is 1.17. The first kappa shape index (κ1) is 14.9. The number of rotatable bonds is 5. The van der Waals surface area contributed by atoms with E-state index in [4.69, 9.17) is 9.15 Å². The highest BCUT2D eigenvalue weighted by Crippen LogP contribution is 2.15. The maximum Gasteiger partial charge on any atom is 0.342 e. The Morgan fingerprint density at radius 2 is 2.00 bits per heavy atom. The van der Waals surface area contributed by atoms with E-state index in [-0.39, 0.29) is 23.5 Å². The Kier molecular flexibility index (Phi) is 5.29. The first-order valence-corrected chi connectivity index (χ1v) is 5.91. The molecule has 1 rings (SSSR count). The van der Waals surface area contributed by atoms with E-state index in [1.165, 1.54) is 14.0 Å². The molecule has 104 valence electrons. The molecule has 0 fully saturated rings. The summed E-state index contributed by atoms with van der Waals surface area (Å²) in [5.41, 5.74) is -0.927. The van der Waals surface area contributed by atoms with Crippen molar-refractivity contribution in [3.8, 4) is 0 Å². The Hall–Kier alpha value is -2.11. The van der Waals surface area contributed by atoms with E-state index in [9.17, 15) is 14.4 Å². The van der Waals surface area contributed by atoms with Crippen molar-refractivity contribution >= 4 is 11.9 Å². The fraction of sp³-hybridized carbons (Fsp3) is 0.462. The third kappa shape index (κ3) is 3.67. The number of ether oxygens (including phenoxy) is 2. The molecule has 0 spiro atoms.